The van der Waals surface area contributed by atoms with Gasteiger partial charge in [-0.3, -0.25) is 9.59 Å². The number of benzene rings is 1. The van der Waals surface area contributed by atoms with Crippen molar-refractivity contribution in [1.82, 2.24) is 10.2 Å². The Morgan fingerprint density at radius 3 is 2.64 bits per heavy atom. The fraction of sp³-hybridized carbons (Fsp3) is 0.556. The van der Waals surface area contributed by atoms with Crippen LogP contribution in [0.25, 0.3) is 0 Å². The van der Waals surface area contributed by atoms with Gasteiger partial charge in [-0.25, -0.2) is 0 Å². The third-order valence-corrected chi connectivity index (χ3v) is 4.65. The maximum atomic E-state index is 12.0. The molecule has 7 heteroatoms. The van der Waals surface area contributed by atoms with E-state index in [1.165, 1.54) is 0 Å². The summed E-state index contributed by atoms with van der Waals surface area (Å²) < 4.78 is 5.57. The average Bonchev–Trinajstić information content (AvgIpc) is 2.60. The molecule has 1 saturated heterocycles. The van der Waals surface area contributed by atoms with Gasteiger partial charge in [0.05, 0.1) is 11.6 Å². The predicted molar refractivity (Wildman–Crippen MR) is 99.2 cm³/mol. The highest BCUT2D eigenvalue weighted by molar-refractivity contribution is 6.32. The number of carbonyl (C=O) groups excluding carboxylic acids is 2. The highest BCUT2D eigenvalue weighted by Crippen LogP contribution is 2.23. The van der Waals surface area contributed by atoms with Gasteiger partial charge < -0.3 is 15.0 Å². The van der Waals surface area contributed by atoms with Crippen LogP contribution in [0.5, 0.6) is 5.75 Å². The number of ether oxygens (including phenoxy) is 1. The number of hydrogen-bond donors (Lipinski definition) is 1. The van der Waals surface area contributed by atoms with E-state index < -0.39 is 5.38 Å². The molecule has 0 radical (unpaired) electrons. The zero-order valence-corrected chi connectivity index (χ0v) is 15.9. The largest absolute Gasteiger partial charge is 0.492 e. The van der Waals surface area contributed by atoms with Crippen molar-refractivity contribution < 1.29 is 14.3 Å². The topological polar surface area (TPSA) is 58.6 Å². The molecule has 1 aromatic carbocycles. The van der Waals surface area contributed by atoms with Crippen molar-refractivity contribution in [3.05, 3.63) is 29.3 Å². The molecule has 0 aromatic heterocycles. The highest BCUT2D eigenvalue weighted by atomic mass is 35.5. The lowest BCUT2D eigenvalue weighted by Gasteiger charge is -2.33. The van der Waals surface area contributed by atoms with Gasteiger partial charge in [0.25, 0.3) is 0 Å². The molecule has 1 aliphatic rings. The molecular formula is C18H24Cl2N2O3. The Kier molecular flexibility index (Phi) is 7.85. The van der Waals surface area contributed by atoms with Crippen LogP contribution in [0.4, 0.5) is 0 Å². The molecular weight excluding hydrogens is 363 g/mol. The van der Waals surface area contributed by atoms with Gasteiger partial charge in [0, 0.05) is 25.6 Å². The van der Waals surface area contributed by atoms with E-state index in [1.54, 1.807) is 24.0 Å². The maximum absolute atomic E-state index is 12.0. The molecule has 1 aliphatic heterocycles. The molecule has 1 N–H and O–H groups in total. The standard InChI is InChI=1S/C18H24Cl2N2O3/c1-13(19)18(24)22-10-8-14(9-11-22)21-17(23)7-4-12-25-16-6-3-2-5-15(16)20/h2-3,5-6,13-14H,4,7-12H2,1H3,(H,21,23). The summed E-state index contributed by atoms with van der Waals surface area (Å²) in [5, 5.41) is 3.10. The summed E-state index contributed by atoms with van der Waals surface area (Å²) in [6.07, 6.45) is 2.55. The first-order valence-corrected chi connectivity index (χ1v) is 9.38. The average molecular weight is 387 g/mol. The van der Waals surface area contributed by atoms with Crippen LogP contribution < -0.4 is 10.1 Å². The number of carbonyl (C=O) groups is 2. The van der Waals surface area contributed by atoms with Crippen LogP contribution in [0.15, 0.2) is 24.3 Å². The molecule has 0 bridgehead atoms. The third-order valence-electron chi connectivity index (χ3n) is 4.15. The zero-order valence-electron chi connectivity index (χ0n) is 14.3. The van der Waals surface area contributed by atoms with Crippen LogP contribution in [0.2, 0.25) is 5.02 Å². The van der Waals surface area contributed by atoms with E-state index in [0.717, 1.165) is 12.8 Å². The monoisotopic (exact) mass is 386 g/mol. The van der Waals surface area contributed by atoms with E-state index in [9.17, 15) is 9.59 Å². The van der Waals surface area contributed by atoms with Crippen LogP contribution in [0, 0.1) is 0 Å². The number of para-hydroxylation sites is 1. The summed E-state index contributed by atoms with van der Waals surface area (Å²) in [5.74, 6) is 0.608. The summed E-state index contributed by atoms with van der Waals surface area (Å²) in [4.78, 5) is 25.6. The van der Waals surface area contributed by atoms with Crippen LogP contribution >= 0.6 is 23.2 Å². The number of nitrogens with one attached hydrogen (secondary N) is 1. The fourth-order valence-electron chi connectivity index (χ4n) is 2.77. The van der Waals surface area contributed by atoms with E-state index in [0.29, 0.717) is 43.3 Å². The van der Waals surface area contributed by atoms with Gasteiger partial charge in [-0.2, -0.15) is 0 Å². The smallest absolute Gasteiger partial charge is 0.240 e. The molecule has 1 atom stereocenters. The number of halogens is 2. The van der Waals surface area contributed by atoms with E-state index in [1.807, 2.05) is 12.1 Å². The van der Waals surface area contributed by atoms with Crippen LogP contribution in [-0.2, 0) is 9.59 Å². The van der Waals surface area contributed by atoms with Crippen molar-refractivity contribution in [2.45, 2.75) is 44.0 Å². The SMILES string of the molecule is CC(Cl)C(=O)N1CCC(NC(=O)CCCOc2ccccc2Cl)CC1. The van der Waals surface area contributed by atoms with E-state index in [4.69, 9.17) is 27.9 Å². The predicted octanol–water partition coefficient (Wildman–Crippen LogP) is 3.23. The number of alkyl halides is 1. The minimum Gasteiger partial charge on any atom is -0.492 e. The molecule has 2 rings (SSSR count). The number of hydrogen-bond acceptors (Lipinski definition) is 3. The van der Waals surface area contributed by atoms with Gasteiger partial charge >= 0.3 is 0 Å². The molecule has 25 heavy (non-hydrogen) atoms. The lowest BCUT2D eigenvalue weighted by Crippen LogP contribution is -2.48. The molecule has 138 valence electrons. The molecule has 1 unspecified atom stereocenters. The number of nitrogens with zero attached hydrogens (tertiary/aromatic N) is 1. The van der Waals surface area contributed by atoms with Crippen LogP contribution in [-0.4, -0.2) is 47.8 Å². The number of piperidine rings is 1. The lowest BCUT2D eigenvalue weighted by molar-refractivity contribution is -0.131. The van der Waals surface area contributed by atoms with Crippen molar-refractivity contribution in [1.29, 1.82) is 0 Å². The van der Waals surface area contributed by atoms with Gasteiger partial charge in [0.2, 0.25) is 11.8 Å². The first-order valence-electron chi connectivity index (χ1n) is 8.57. The first kappa shape index (κ1) is 19.9. The van der Waals surface area contributed by atoms with E-state index in [-0.39, 0.29) is 17.9 Å². The van der Waals surface area contributed by atoms with Crippen molar-refractivity contribution in [2.75, 3.05) is 19.7 Å². The summed E-state index contributed by atoms with van der Waals surface area (Å²) in [5.41, 5.74) is 0. The van der Waals surface area contributed by atoms with Gasteiger partial charge in [-0.15, -0.1) is 11.6 Å². The molecule has 0 aliphatic carbocycles. The maximum Gasteiger partial charge on any atom is 0.240 e. The third kappa shape index (κ3) is 6.40. The first-order chi connectivity index (χ1) is 12.0. The van der Waals surface area contributed by atoms with Crippen molar-refractivity contribution in [3.63, 3.8) is 0 Å². The number of rotatable bonds is 7. The fourth-order valence-corrected chi connectivity index (χ4v) is 3.10. The second-order valence-corrected chi connectivity index (χ2v) is 7.23. The Balaban J connectivity index is 1.61. The highest BCUT2D eigenvalue weighted by Gasteiger charge is 2.25. The van der Waals surface area contributed by atoms with Crippen LogP contribution in [0.3, 0.4) is 0 Å². The summed E-state index contributed by atoms with van der Waals surface area (Å²) >= 11 is 11.8. The van der Waals surface area contributed by atoms with Gasteiger partial charge in [0.15, 0.2) is 0 Å². The van der Waals surface area contributed by atoms with E-state index in [2.05, 4.69) is 5.32 Å². The Hall–Kier alpha value is -1.46. The zero-order chi connectivity index (χ0) is 18.2. The molecule has 0 spiro atoms. The Morgan fingerprint density at radius 2 is 2.00 bits per heavy atom. The van der Waals surface area contributed by atoms with E-state index >= 15 is 0 Å². The van der Waals surface area contributed by atoms with Crippen molar-refractivity contribution in [3.8, 4) is 5.75 Å². The molecule has 5 nitrogen and oxygen atoms in total. The molecule has 2 amide bonds. The number of amides is 2. The van der Waals surface area contributed by atoms with Gasteiger partial charge in [-0.1, -0.05) is 23.7 Å². The number of likely N-dealkylation sites (tertiary alicyclic amines) is 1. The minimum absolute atomic E-state index is 0.0123. The molecule has 0 saturated carbocycles. The van der Waals surface area contributed by atoms with Gasteiger partial charge in [0.1, 0.15) is 11.1 Å². The van der Waals surface area contributed by atoms with Crippen molar-refractivity contribution in [2.24, 2.45) is 0 Å². The Morgan fingerprint density at radius 1 is 1.32 bits per heavy atom. The minimum atomic E-state index is -0.496. The lowest BCUT2D eigenvalue weighted by atomic mass is 10.0. The van der Waals surface area contributed by atoms with Crippen molar-refractivity contribution >= 4 is 35.0 Å². The Bertz CT molecular complexity index is 587. The van der Waals surface area contributed by atoms with Gasteiger partial charge in [-0.05, 0) is 38.3 Å². The summed E-state index contributed by atoms with van der Waals surface area (Å²) in [6.45, 7) is 3.40. The normalized spacial score (nSPS) is 16.4. The second kappa shape index (κ2) is 9.88. The summed E-state index contributed by atoms with van der Waals surface area (Å²) in [7, 11) is 0. The second-order valence-electron chi connectivity index (χ2n) is 6.17. The Labute approximate surface area is 158 Å². The molecule has 1 aromatic rings. The quantitative estimate of drug-likeness (QED) is 0.577. The summed E-state index contributed by atoms with van der Waals surface area (Å²) in [6, 6.07) is 7.39. The molecule has 1 fully saturated rings. The molecule has 1 heterocycles. The van der Waals surface area contributed by atoms with Crippen LogP contribution in [0.1, 0.15) is 32.6 Å².